The van der Waals surface area contributed by atoms with E-state index in [9.17, 15) is 22.0 Å². The van der Waals surface area contributed by atoms with Crippen molar-refractivity contribution < 1.29 is 22.0 Å². The molecule has 1 amide bonds. The molecule has 0 atom stereocenters. The maximum Gasteiger partial charge on any atom is 0.341 e. The summed E-state index contributed by atoms with van der Waals surface area (Å²) in [6, 6.07) is 4.54. The third-order valence-electron chi connectivity index (χ3n) is 2.65. The van der Waals surface area contributed by atoms with E-state index in [4.69, 9.17) is 0 Å². The lowest BCUT2D eigenvalue weighted by atomic mass is 10.1. The number of halogens is 2. The van der Waals surface area contributed by atoms with E-state index in [0.29, 0.717) is 12.5 Å². The number of amides is 1. The van der Waals surface area contributed by atoms with Crippen LogP contribution in [0.5, 0.6) is 0 Å². The SMILES string of the molecule is CC(C)CN(C)C(=O)c1ccc(S(=O)(=O)C(F)F)cc1. The Morgan fingerprint density at radius 2 is 1.70 bits per heavy atom. The van der Waals surface area contributed by atoms with Gasteiger partial charge in [0.2, 0.25) is 9.84 Å². The van der Waals surface area contributed by atoms with E-state index in [0.717, 1.165) is 12.1 Å². The fourth-order valence-corrected chi connectivity index (χ4v) is 2.46. The molecule has 1 aromatic carbocycles. The van der Waals surface area contributed by atoms with Crippen molar-refractivity contribution in [2.24, 2.45) is 5.92 Å². The molecule has 0 saturated carbocycles. The Morgan fingerprint density at radius 3 is 2.10 bits per heavy atom. The Morgan fingerprint density at radius 1 is 1.20 bits per heavy atom. The molecule has 7 heteroatoms. The van der Waals surface area contributed by atoms with Crippen molar-refractivity contribution in [2.45, 2.75) is 24.5 Å². The van der Waals surface area contributed by atoms with Crippen molar-refractivity contribution in [3.63, 3.8) is 0 Å². The average Bonchev–Trinajstić information content (AvgIpc) is 2.37. The Kier molecular flexibility index (Phi) is 5.21. The van der Waals surface area contributed by atoms with Crippen LogP contribution in [-0.4, -0.2) is 38.6 Å². The first kappa shape index (κ1) is 16.6. The number of hydrogen-bond donors (Lipinski definition) is 0. The van der Waals surface area contributed by atoms with Gasteiger partial charge in [0.15, 0.2) is 0 Å². The van der Waals surface area contributed by atoms with Crippen LogP contribution in [0.15, 0.2) is 29.2 Å². The number of alkyl halides is 2. The van der Waals surface area contributed by atoms with Crippen LogP contribution >= 0.6 is 0 Å². The molecule has 0 aliphatic carbocycles. The van der Waals surface area contributed by atoms with Crippen LogP contribution in [0.2, 0.25) is 0 Å². The number of rotatable bonds is 5. The van der Waals surface area contributed by atoms with Gasteiger partial charge in [-0.25, -0.2) is 8.42 Å². The van der Waals surface area contributed by atoms with Crippen LogP contribution in [0.1, 0.15) is 24.2 Å². The van der Waals surface area contributed by atoms with Crippen molar-refractivity contribution in [1.82, 2.24) is 4.90 Å². The summed E-state index contributed by atoms with van der Waals surface area (Å²) in [5.74, 6) is -3.45. The molecule has 0 saturated heterocycles. The lowest BCUT2D eigenvalue weighted by molar-refractivity contribution is 0.0779. The summed E-state index contributed by atoms with van der Waals surface area (Å²) in [6.45, 7) is 4.47. The molecular weight excluding hydrogens is 288 g/mol. The minimum absolute atomic E-state index is 0.265. The second-order valence-electron chi connectivity index (χ2n) is 4.91. The highest BCUT2D eigenvalue weighted by Gasteiger charge is 2.26. The van der Waals surface area contributed by atoms with Gasteiger partial charge in [-0.3, -0.25) is 4.79 Å². The minimum atomic E-state index is -4.62. The Balaban J connectivity index is 2.95. The molecule has 0 aliphatic rings. The second kappa shape index (κ2) is 6.30. The number of carbonyl (C=O) groups excluding carboxylic acids is 1. The largest absolute Gasteiger partial charge is 0.341 e. The normalized spacial score (nSPS) is 11.9. The molecule has 20 heavy (non-hydrogen) atoms. The lowest BCUT2D eigenvalue weighted by Gasteiger charge is -2.19. The van der Waals surface area contributed by atoms with Crippen LogP contribution in [0.3, 0.4) is 0 Å². The van der Waals surface area contributed by atoms with Crippen molar-refractivity contribution in [2.75, 3.05) is 13.6 Å². The monoisotopic (exact) mass is 305 g/mol. The Labute approximate surface area is 117 Å². The fourth-order valence-electron chi connectivity index (χ4n) is 1.74. The van der Waals surface area contributed by atoms with Gasteiger partial charge in [0, 0.05) is 19.2 Å². The predicted molar refractivity (Wildman–Crippen MR) is 71.4 cm³/mol. The molecule has 0 aromatic heterocycles. The molecule has 0 radical (unpaired) electrons. The van der Waals surface area contributed by atoms with E-state index in [-0.39, 0.29) is 11.5 Å². The summed E-state index contributed by atoms with van der Waals surface area (Å²) in [5, 5.41) is 0. The summed E-state index contributed by atoms with van der Waals surface area (Å²) in [4.78, 5) is 13.0. The third kappa shape index (κ3) is 3.75. The molecule has 4 nitrogen and oxygen atoms in total. The van der Waals surface area contributed by atoms with E-state index in [1.54, 1.807) is 7.05 Å². The number of hydrogen-bond acceptors (Lipinski definition) is 3. The zero-order chi connectivity index (χ0) is 15.5. The molecule has 0 unspecified atom stereocenters. The molecule has 0 heterocycles. The van der Waals surface area contributed by atoms with Crippen molar-refractivity contribution in [3.05, 3.63) is 29.8 Å². The Bertz CT molecular complexity index is 568. The van der Waals surface area contributed by atoms with E-state index in [1.165, 1.54) is 17.0 Å². The summed E-state index contributed by atoms with van der Waals surface area (Å²) >= 11 is 0. The Hall–Kier alpha value is -1.50. The van der Waals surface area contributed by atoms with Crippen molar-refractivity contribution in [1.29, 1.82) is 0 Å². The van der Waals surface area contributed by atoms with Crippen molar-refractivity contribution in [3.8, 4) is 0 Å². The number of benzene rings is 1. The molecule has 0 fully saturated rings. The standard InChI is InChI=1S/C13H17F2NO3S/c1-9(2)8-16(3)12(17)10-4-6-11(7-5-10)20(18,19)13(14)15/h4-7,9,13H,8H2,1-3H3. The molecule has 112 valence electrons. The van der Waals surface area contributed by atoms with E-state index < -0.39 is 20.5 Å². The van der Waals surface area contributed by atoms with Crippen molar-refractivity contribution >= 4 is 15.7 Å². The highest BCUT2D eigenvalue weighted by atomic mass is 32.2. The molecule has 0 aliphatic heterocycles. The molecule has 0 N–H and O–H groups in total. The smallest absolute Gasteiger partial charge is 0.341 e. The topological polar surface area (TPSA) is 54.5 Å². The van der Waals surface area contributed by atoms with Gasteiger partial charge in [0.25, 0.3) is 5.91 Å². The summed E-state index contributed by atoms with van der Waals surface area (Å²) < 4.78 is 47.2. The number of carbonyl (C=O) groups is 1. The van der Waals surface area contributed by atoms with E-state index in [1.807, 2.05) is 13.8 Å². The van der Waals surface area contributed by atoms with Crippen LogP contribution in [0.25, 0.3) is 0 Å². The summed E-state index contributed by atoms with van der Waals surface area (Å²) in [7, 11) is -2.99. The average molecular weight is 305 g/mol. The highest BCUT2D eigenvalue weighted by molar-refractivity contribution is 7.91. The van der Waals surface area contributed by atoms with E-state index in [2.05, 4.69) is 0 Å². The first-order valence-corrected chi connectivity index (χ1v) is 7.58. The minimum Gasteiger partial charge on any atom is -0.341 e. The van der Waals surface area contributed by atoms with Gasteiger partial charge in [0.05, 0.1) is 4.90 Å². The van der Waals surface area contributed by atoms with Gasteiger partial charge in [-0.15, -0.1) is 0 Å². The fraction of sp³-hybridized carbons (Fsp3) is 0.462. The zero-order valence-corrected chi connectivity index (χ0v) is 12.3. The maximum atomic E-state index is 12.4. The molecular formula is C13H17F2NO3S. The van der Waals surface area contributed by atoms with Gasteiger partial charge in [-0.05, 0) is 30.2 Å². The third-order valence-corrected chi connectivity index (χ3v) is 4.05. The number of sulfone groups is 1. The first-order chi connectivity index (χ1) is 9.16. The predicted octanol–water partition coefficient (Wildman–Crippen LogP) is 2.41. The molecule has 0 bridgehead atoms. The molecule has 1 rings (SSSR count). The van der Waals surface area contributed by atoms with Gasteiger partial charge in [-0.2, -0.15) is 8.78 Å². The van der Waals surface area contributed by atoms with E-state index >= 15 is 0 Å². The molecule has 1 aromatic rings. The summed E-state index contributed by atoms with van der Waals surface area (Å²) in [5.41, 5.74) is 0.265. The van der Waals surface area contributed by atoms with Crippen LogP contribution in [0, 0.1) is 5.92 Å². The quantitative estimate of drug-likeness (QED) is 0.839. The lowest BCUT2D eigenvalue weighted by Crippen LogP contribution is -2.30. The van der Waals surface area contributed by atoms with Gasteiger partial charge in [0.1, 0.15) is 0 Å². The van der Waals surface area contributed by atoms with Gasteiger partial charge < -0.3 is 4.90 Å². The molecule has 0 spiro atoms. The van der Waals surface area contributed by atoms with Gasteiger partial charge in [-0.1, -0.05) is 13.8 Å². The second-order valence-corrected chi connectivity index (χ2v) is 6.83. The zero-order valence-electron chi connectivity index (χ0n) is 11.5. The first-order valence-electron chi connectivity index (χ1n) is 6.04. The summed E-state index contributed by atoms with van der Waals surface area (Å²) in [6.07, 6.45) is 0. The van der Waals surface area contributed by atoms with Crippen LogP contribution < -0.4 is 0 Å². The highest BCUT2D eigenvalue weighted by Crippen LogP contribution is 2.19. The number of nitrogens with zero attached hydrogens (tertiary/aromatic N) is 1. The van der Waals surface area contributed by atoms with Crippen LogP contribution in [0.4, 0.5) is 8.78 Å². The van der Waals surface area contributed by atoms with Crippen LogP contribution in [-0.2, 0) is 9.84 Å². The maximum absolute atomic E-state index is 12.4. The van der Waals surface area contributed by atoms with Gasteiger partial charge >= 0.3 is 5.76 Å².